The van der Waals surface area contributed by atoms with E-state index in [-0.39, 0.29) is 5.25 Å². The summed E-state index contributed by atoms with van der Waals surface area (Å²) in [6.07, 6.45) is 5.93. The van der Waals surface area contributed by atoms with Crippen LogP contribution in [-0.2, 0) is 17.2 Å². The van der Waals surface area contributed by atoms with E-state index in [0.29, 0.717) is 31.7 Å². The highest BCUT2D eigenvalue weighted by atomic mass is 32.2. The van der Waals surface area contributed by atoms with E-state index in [4.69, 9.17) is 5.11 Å². The van der Waals surface area contributed by atoms with Gasteiger partial charge >= 0.3 is 6.09 Å². The standard InChI is InChI=1S/C14H20N2O3S/c17-14(18)16-9-5-13(6-10-16)20(19)11-1-2-12-3-7-15-8-4-12/h3-4,7-8,13H,1-2,5-6,9-11H2,(H,17,18). The highest BCUT2D eigenvalue weighted by Gasteiger charge is 2.25. The molecule has 1 aromatic heterocycles. The van der Waals surface area contributed by atoms with Crippen LogP contribution in [0.1, 0.15) is 24.8 Å². The van der Waals surface area contributed by atoms with Crippen LogP contribution >= 0.6 is 0 Å². The second kappa shape index (κ2) is 7.38. The maximum Gasteiger partial charge on any atom is 0.407 e. The summed E-state index contributed by atoms with van der Waals surface area (Å²) in [6, 6.07) is 3.96. The Morgan fingerprint density at radius 1 is 1.35 bits per heavy atom. The number of aryl methyl sites for hydroxylation is 1. The number of carbonyl (C=O) groups is 1. The monoisotopic (exact) mass is 296 g/mol. The number of pyridine rings is 1. The normalized spacial score (nSPS) is 17.9. The van der Waals surface area contributed by atoms with Gasteiger partial charge in [-0.2, -0.15) is 0 Å². The molecular formula is C14H20N2O3S. The highest BCUT2D eigenvalue weighted by Crippen LogP contribution is 2.17. The van der Waals surface area contributed by atoms with Crippen molar-refractivity contribution in [2.45, 2.75) is 30.9 Å². The van der Waals surface area contributed by atoms with Gasteiger partial charge < -0.3 is 10.0 Å². The number of hydrogen-bond donors (Lipinski definition) is 1. The van der Waals surface area contributed by atoms with E-state index in [9.17, 15) is 9.00 Å². The number of amides is 1. The summed E-state index contributed by atoms with van der Waals surface area (Å²) in [5.74, 6) is 0.695. The maximum atomic E-state index is 12.2. The third kappa shape index (κ3) is 4.30. The molecule has 2 rings (SSSR count). The van der Waals surface area contributed by atoms with Crippen LogP contribution in [0, 0.1) is 0 Å². The highest BCUT2D eigenvalue weighted by molar-refractivity contribution is 7.85. The van der Waals surface area contributed by atoms with Gasteiger partial charge in [0.1, 0.15) is 0 Å². The molecule has 0 aliphatic carbocycles. The van der Waals surface area contributed by atoms with Gasteiger partial charge in [0.05, 0.1) is 0 Å². The number of nitrogens with zero attached hydrogens (tertiary/aromatic N) is 2. The van der Waals surface area contributed by atoms with Gasteiger partial charge in [-0.05, 0) is 43.4 Å². The molecule has 0 aromatic carbocycles. The first-order chi connectivity index (χ1) is 9.66. The number of rotatable bonds is 5. The topological polar surface area (TPSA) is 70.5 Å². The fourth-order valence-electron chi connectivity index (χ4n) is 2.44. The van der Waals surface area contributed by atoms with Crippen LogP contribution < -0.4 is 0 Å². The van der Waals surface area contributed by atoms with Crippen LogP contribution in [0.2, 0.25) is 0 Å². The number of hydrogen-bond acceptors (Lipinski definition) is 3. The Labute approximate surface area is 121 Å². The zero-order valence-electron chi connectivity index (χ0n) is 11.4. The lowest BCUT2D eigenvalue weighted by atomic mass is 10.1. The van der Waals surface area contributed by atoms with E-state index < -0.39 is 16.9 Å². The molecular weight excluding hydrogens is 276 g/mol. The van der Waals surface area contributed by atoms with Crippen molar-refractivity contribution >= 4 is 16.9 Å². The lowest BCUT2D eigenvalue weighted by Crippen LogP contribution is -2.40. The molecule has 1 aliphatic rings. The van der Waals surface area contributed by atoms with Crippen molar-refractivity contribution in [1.29, 1.82) is 0 Å². The largest absolute Gasteiger partial charge is 0.465 e. The smallest absolute Gasteiger partial charge is 0.407 e. The fourth-order valence-corrected chi connectivity index (χ4v) is 3.94. The minimum absolute atomic E-state index is 0.156. The van der Waals surface area contributed by atoms with Gasteiger partial charge in [-0.15, -0.1) is 0 Å². The molecule has 20 heavy (non-hydrogen) atoms. The van der Waals surface area contributed by atoms with Gasteiger partial charge in [0, 0.05) is 47.3 Å². The van der Waals surface area contributed by atoms with E-state index in [1.165, 1.54) is 10.5 Å². The van der Waals surface area contributed by atoms with Gasteiger partial charge in [0.15, 0.2) is 0 Å². The second-order valence-corrected chi connectivity index (χ2v) is 6.85. The maximum absolute atomic E-state index is 12.2. The van der Waals surface area contributed by atoms with Crippen molar-refractivity contribution in [1.82, 2.24) is 9.88 Å². The van der Waals surface area contributed by atoms with E-state index in [0.717, 1.165) is 12.8 Å². The molecule has 1 aliphatic heterocycles. The van der Waals surface area contributed by atoms with E-state index >= 15 is 0 Å². The van der Waals surface area contributed by atoms with Crippen molar-refractivity contribution in [3.8, 4) is 0 Å². The molecule has 0 bridgehead atoms. The third-order valence-electron chi connectivity index (χ3n) is 3.64. The molecule has 110 valence electrons. The summed E-state index contributed by atoms with van der Waals surface area (Å²) in [7, 11) is -0.844. The van der Waals surface area contributed by atoms with Crippen molar-refractivity contribution < 1.29 is 14.1 Å². The molecule has 6 heteroatoms. The summed E-state index contributed by atoms with van der Waals surface area (Å²) < 4.78 is 12.2. The van der Waals surface area contributed by atoms with Crippen LogP contribution in [0.5, 0.6) is 0 Å². The Balaban J connectivity index is 1.69. The summed E-state index contributed by atoms with van der Waals surface area (Å²) in [6.45, 7) is 1.02. The van der Waals surface area contributed by atoms with Gasteiger partial charge in [-0.3, -0.25) is 9.19 Å². The summed E-state index contributed by atoms with van der Waals surface area (Å²) in [4.78, 5) is 16.2. The fraction of sp³-hybridized carbons (Fsp3) is 0.571. The minimum Gasteiger partial charge on any atom is -0.465 e. The van der Waals surface area contributed by atoms with Crippen LogP contribution in [0.25, 0.3) is 0 Å². The Hall–Kier alpha value is -1.43. The number of carboxylic acid groups (broad SMARTS) is 1. The average Bonchev–Trinajstić information content (AvgIpc) is 2.48. The molecule has 1 amide bonds. The number of aromatic nitrogens is 1. The number of piperidine rings is 1. The first-order valence-electron chi connectivity index (χ1n) is 6.91. The average molecular weight is 296 g/mol. The summed E-state index contributed by atoms with van der Waals surface area (Å²) in [5.41, 5.74) is 1.22. The van der Waals surface area contributed by atoms with Gasteiger partial charge in [0.25, 0.3) is 0 Å². The molecule has 1 N–H and O–H groups in total. The molecule has 1 fully saturated rings. The molecule has 0 spiro atoms. The molecule has 1 aromatic rings. The molecule has 1 atom stereocenters. The zero-order chi connectivity index (χ0) is 14.4. The van der Waals surface area contributed by atoms with Crippen LogP contribution in [0.15, 0.2) is 24.5 Å². The third-order valence-corrected chi connectivity index (χ3v) is 5.55. The Kier molecular flexibility index (Phi) is 5.52. The molecule has 2 heterocycles. The molecule has 1 unspecified atom stereocenters. The first-order valence-corrected chi connectivity index (χ1v) is 8.29. The predicted molar refractivity (Wildman–Crippen MR) is 78.2 cm³/mol. The lowest BCUT2D eigenvalue weighted by Gasteiger charge is -2.29. The van der Waals surface area contributed by atoms with Gasteiger partial charge in [-0.25, -0.2) is 4.79 Å². The van der Waals surface area contributed by atoms with Crippen LogP contribution in [0.3, 0.4) is 0 Å². The minimum atomic E-state index is -0.869. The Bertz CT molecular complexity index is 459. The van der Waals surface area contributed by atoms with E-state index in [1.807, 2.05) is 12.1 Å². The van der Waals surface area contributed by atoms with E-state index in [2.05, 4.69) is 4.98 Å². The SMILES string of the molecule is O=C(O)N1CCC(S(=O)CCCc2ccncc2)CC1. The van der Waals surface area contributed by atoms with Crippen molar-refractivity contribution in [2.24, 2.45) is 0 Å². The Morgan fingerprint density at radius 3 is 2.60 bits per heavy atom. The molecule has 1 saturated heterocycles. The number of likely N-dealkylation sites (tertiary alicyclic amines) is 1. The molecule has 5 nitrogen and oxygen atoms in total. The Morgan fingerprint density at radius 2 is 2.00 bits per heavy atom. The lowest BCUT2D eigenvalue weighted by molar-refractivity contribution is 0.136. The van der Waals surface area contributed by atoms with Crippen molar-refractivity contribution in [3.63, 3.8) is 0 Å². The molecule has 0 saturated carbocycles. The predicted octanol–water partition coefficient (Wildman–Crippen LogP) is 1.91. The van der Waals surface area contributed by atoms with E-state index in [1.54, 1.807) is 12.4 Å². The van der Waals surface area contributed by atoms with Crippen LogP contribution in [0.4, 0.5) is 4.79 Å². The zero-order valence-corrected chi connectivity index (χ0v) is 12.2. The second-order valence-electron chi connectivity index (χ2n) is 5.01. The molecule has 0 radical (unpaired) electrons. The first kappa shape index (κ1) is 15.0. The summed E-state index contributed by atoms with van der Waals surface area (Å²) in [5, 5.41) is 9.03. The van der Waals surface area contributed by atoms with Gasteiger partial charge in [0.2, 0.25) is 0 Å². The van der Waals surface area contributed by atoms with Gasteiger partial charge in [-0.1, -0.05) is 0 Å². The van der Waals surface area contributed by atoms with Crippen molar-refractivity contribution in [2.75, 3.05) is 18.8 Å². The van der Waals surface area contributed by atoms with Crippen molar-refractivity contribution in [3.05, 3.63) is 30.1 Å². The quantitative estimate of drug-likeness (QED) is 0.901. The summed E-state index contributed by atoms with van der Waals surface area (Å²) >= 11 is 0. The van der Waals surface area contributed by atoms with Crippen LogP contribution in [-0.4, -0.2) is 49.4 Å².